The molecule has 2 aromatic carbocycles. The third-order valence-electron chi connectivity index (χ3n) is 4.44. The van der Waals surface area contributed by atoms with E-state index < -0.39 is 5.91 Å². The Bertz CT molecular complexity index is 1250. The summed E-state index contributed by atoms with van der Waals surface area (Å²) in [5.41, 5.74) is 9.15. The third-order valence-corrected chi connectivity index (χ3v) is 5.52. The number of nitrogens with zero attached hydrogens (tertiary/aromatic N) is 4. The minimum atomic E-state index is -0.684. The number of Topliss-reactive ketones (excluding diaryl/α,β-unsaturated/α-hetero) is 1. The molecule has 4 rings (SSSR count). The number of carbonyl (C=O) groups excluding carboxylic acids is 2. The molecule has 2 aromatic heterocycles. The first kappa shape index (κ1) is 19.8. The van der Waals surface area contributed by atoms with Gasteiger partial charge < -0.3 is 5.73 Å². The summed E-state index contributed by atoms with van der Waals surface area (Å²) in [5, 5.41) is 0.546. The van der Waals surface area contributed by atoms with Gasteiger partial charge in [-0.05, 0) is 26.0 Å². The zero-order valence-electron chi connectivity index (χ0n) is 16.5. The molecule has 4 aromatic rings. The van der Waals surface area contributed by atoms with Crippen LogP contribution in [0.2, 0.25) is 0 Å². The van der Waals surface area contributed by atoms with E-state index in [2.05, 4.69) is 9.97 Å². The number of primary amides is 1. The Labute approximate surface area is 177 Å². The normalized spacial score (nSPS) is 11.0. The fraction of sp³-hybridized carbons (Fsp3) is 0.136. The summed E-state index contributed by atoms with van der Waals surface area (Å²) < 4.78 is 1.83. The number of carbonyl (C=O) groups is 2. The molecule has 0 unspecified atom stereocenters. The lowest BCUT2D eigenvalue weighted by Gasteiger charge is -2.09. The number of benzene rings is 2. The number of ketones is 1. The van der Waals surface area contributed by atoms with Gasteiger partial charge in [0.2, 0.25) is 0 Å². The highest BCUT2D eigenvalue weighted by molar-refractivity contribution is 7.99. The summed E-state index contributed by atoms with van der Waals surface area (Å²) in [6.45, 7) is 3.51. The number of thioether (sulfide) groups is 1. The van der Waals surface area contributed by atoms with Crippen molar-refractivity contribution in [3.8, 4) is 17.1 Å². The second kappa shape index (κ2) is 8.08. The quantitative estimate of drug-likeness (QED) is 0.481. The molecule has 0 aliphatic carbocycles. The van der Waals surface area contributed by atoms with Gasteiger partial charge in [0, 0.05) is 11.3 Å². The topological polar surface area (TPSA) is 104 Å². The number of imidazole rings is 1. The molecule has 0 bridgehead atoms. The van der Waals surface area contributed by atoms with Gasteiger partial charge in [0.25, 0.3) is 5.91 Å². The van der Waals surface area contributed by atoms with Crippen LogP contribution in [0.4, 0.5) is 0 Å². The first-order valence-electron chi connectivity index (χ1n) is 9.29. The van der Waals surface area contributed by atoms with Crippen LogP contribution in [-0.4, -0.2) is 37.0 Å². The number of para-hydroxylation sites is 1. The molecule has 0 spiro atoms. The Morgan fingerprint density at radius 1 is 1.00 bits per heavy atom. The Morgan fingerprint density at radius 2 is 1.70 bits per heavy atom. The Hall–Kier alpha value is -3.52. The van der Waals surface area contributed by atoms with Gasteiger partial charge in [-0.15, -0.1) is 0 Å². The number of fused-ring (bicyclic) bond motifs is 1. The van der Waals surface area contributed by atoms with Crippen molar-refractivity contribution >= 4 is 34.6 Å². The average Bonchev–Trinajstić information content (AvgIpc) is 3.11. The van der Waals surface area contributed by atoms with E-state index in [4.69, 9.17) is 10.7 Å². The molecule has 0 fully saturated rings. The van der Waals surface area contributed by atoms with E-state index in [0.29, 0.717) is 22.1 Å². The van der Waals surface area contributed by atoms with Crippen LogP contribution in [0.25, 0.3) is 28.2 Å². The molecule has 2 heterocycles. The molecule has 0 saturated carbocycles. The van der Waals surface area contributed by atoms with Crippen molar-refractivity contribution in [2.45, 2.75) is 19.0 Å². The van der Waals surface area contributed by atoms with E-state index in [9.17, 15) is 9.59 Å². The Kier molecular flexibility index (Phi) is 5.33. The van der Waals surface area contributed by atoms with E-state index in [-0.39, 0.29) is 17.2 Å². The first-order chi connectivity index (χ1) is 14.4. The lowest BCUT2D eigenvalue weighted by molar-refractivity contribution is -0.114. The smallest absolute Gasteiger partial charge is 0.269 e. The van der Waals surface area contributed by atoms with Crippen molar-refractivity contribution in [3.63, 3.8) is 0 Å². The molecular formula is C22H19N5O2S. The number of hydrogen-bond donors (Lipinski definition) is 1. The molecule has 7 nitrogen and oxygen atoms in total. The maximum Gasteiger partial charge on any atom is 0.269 e. The highest BCUT2D eigenvalue weighted by Gasteiger charge is 2.22. The number of nitrogens with two attached hydrogens (primary N) is 1. The number of rotatable bonds is 6. The van der Waals surface area contributed by atoms with E-state index in [0.717, 1.165) is 16.8 Å². The van der Waals surface area contributed by atoms with Gasteiger partial charge in [0.1, 0.15) is 11.3 Å². The minimum absolute atomic E-state index is 0.0215. The summed E-state index contributed by atoms with van der Waals surface area (Å²) in [7, 11) is 0. The lowest BCUT2D eigenvalue weighted by Crippen LogP contribution is -2.15. The van der Waals surface area contributed by atoms with Crippen molar-refractivity contribution in [2.24, 2.45) is 5.73 Å². The molecule has 8 heteroatoms. The van der Waals surface area contributed by atoms with Crippen LogP contribution in [0.5, 0.6) is 0 Å². The second-order valence-corrected chi connectivity index (χ2v) is 7.80. The molecule has 1 amide bonds. The molecule has 0 saturated heterocycles. The van der Waals surface area contributed by atoms with Gasteiger partial charge in [-0.1, -0.05) is 59.8 Å². The minimum Gasteiger partial charge on any atom is -0.364 e. The predicted molar refractivity (Wildman–Crippen MR) is 117 cm³/mol. The first-order valence-corrected chi connectivity index (χ1v) is 10.3. The summed E-state index contributed by atoms with van der Waals surface area (Å²) in [5.74, 6) is -0.0263. The molecule has 30 heavy (non-hydrogen) atoms. The van der Waals surface area contributed by atoms with E-state index >= 15 is 0 Å². The standard InChI is InChI=1S/C22H19N5O2S/c1-13-8-10-15(11-9-13)20-24-17(19(23)29)18-21(26-20)27(16-6-4-3-5-7-16)22(25-18)30-12-14(2)28/h3-11H,12H2,1-2H3,(H2,23,29). The fourth-order valence-corrected chi connectivity index (χ4v) is 3.82. The van der Waals surface area contributed by atoms with Crippen LogP contribution in [0.15, 0.2) is 59.8 Å². The van der Waals surface area contributed by atoms with E-state index in [1.165, 1.54) is 18.7 Å². The largest absolute Gasteiger partial charge is 0.364 e. The SMILES string of the molecule is CC(=O)CSc1nc2c(C(N)=O)nc(-c3ccc(C)cc3)nc2n1-c1ccccc1. The molecule has 0 atom stereocenters. The van der Waals surface area contributed by atoms with Crippen molar-refractivity contribution in [2.75, 3.05) is 5.75 Å². The van der Waals surface area contributed by atoms with Crippen LogP contribution in [0.1, 0.15) is 23.0 Å². The molecule has 0 aliphatic rings. The molecule has 0 radical (unpaired) electrons. The van der Waals surface area contributed by atoms with E-state index in [1.807, 2.05) is 66.1 Å². The number of amides is 1. The summed E-state index contributed by atoms with van der Waals surface area (Å²) in [4.78, 5) is 37.5. The van der Waals surface area contributed by atoms with Gasteiger partial charge in [0.15, 0.2) is 22.3 Å². The highest BCUT2D eigenvalue weighted by atomic mass is 32.2. The van der Waals surface area contributed by atoms with Crippen LogP contribution >= 0.6 is 11.8 Å². The van der Waals surface area contributed by atoms with Crippen LogP contribution in [0, 0.1) is 6.92 Å². The zero-order chi connectivity index (χ0) is 21.3. The average molecular weight is 417 g/mol. The van der Waals surface area contributed by atoms with Crippen LogP contribution < -0.4 is 5.73 Å². The summed E-state index contributed by atoms with van der Waals surface area (Å²) in [6.07, 6.45) is 0. The van der Waals surface area contributed by atoms with Gasteiger partial charge in [-0.2, -0.15) is 0 Å². The highest BCUT2D eigenvalue weighted by Crippen LogP contribution is 2.30. The molecular weight excluding hydrogens is 398 g/mol. The molecule has 150 valence electrons. The third kappa shape index (κ3) is 3.81. The fourth-order valence-electron chi connectivity index (χ4n) is 3.01. The van der Waals surface area contributed by atoms with Gasteiger partial charge in [0.05, 0.1) is 5.75 Å². The van der Waals surface area contributed by atoms with Crippen LogP contribution in [0.3, 0.4) is 0 Å². The molecule has 2 N–H and O–H groups in total. The van der Waals surface area contributed by atoms with Crippen molar-refractivity contribution in [1.82, 2.24) is 19.5 Å². The lowest BCUT2D eigenvalue weighted by atomic mass is 10.1. The number of hydrogen-bond acceptors (Lipinski definition) is 6. The second-order valence-electron chi connectivity index (χ2n) is 6.85. The maximum atomic E-state index is 12.2. The monoisotopic (exact) mass is 417 g/mol. The van der Waals surface area contributed by atoms with Crippen molar-refractivity contribution in [3.05, 3.63) is 65.9 Å². The predicted octanol–water partition coefficient (Wildman–Crippen LogP) is 3.57. The van der Waals surface area contributed by atoms with Crippen LogP contribution in [-0.2, 0) is 4.79 Å². The van der Waals surface area contributed by atoms with Gasteiger partial charge >= 0.3 is 0 Å². The Morgan fingerprint density at radius 3 is 2.33 bits per heavy atom. The number of aryl methyl sites for hydroxylation is 1. The summed E-state index contributed by atoms with van der Waals surface area (Å²) >= 11 is 1.28. The molecule has 0 aliphatic heterocycles. The van der Waals surface area contributed by atoms with Crippen molar-refractivity contribution in [1.29, 1.82) is 0 Å². The summed E-state index contributed by atoms with van der Waals surface area (Å²) in [6, 6.07) is 17.2. The Balaban J connectivity index is 2.01. The number of aromatic nitrogens is 4. The van der Waals surface area contributed by atoms with E-state index in [1.54, 1.807) is 0 Å². The van der Waals surface area contributed by atoms with Gasteiger partial charge in [-0.25, -0.2) is 15.0 Å². The zero-order valence-corrected chi connectivity index (χ0v) is 17.3. The van der Waals surface area contributed by atoms with Crippen molar-refractivity contribution < 1.29 is 9.59 Å². The maximum absolute atomic E-state index is 12.2. The van der Waals surface area contributed by atoms with Gasteiger partial charge in [-0.3, -0.25) is 14.2 Å².